The lowest BCUT2D eigenvalue weighted by molar-refractivity contribution is 0.122. The highest BCUT2D eigenvalue weighted by Gasteiger charge is 2.18. The number of piperazine rings is 1. The molecule has 2 aromatic carbocycles. The molecule has 0 N–H and O–H groups in total. The summed E-state index contributed by atoms with van der Waals surface area (Å²) in [4.78, 5) is 5.02. The first-order valence-electron chi connectivity index (χ1n) is 9.47. The third-order valence-corrected chi connectivity index (χ3v) is 5.15. The van der Waals surface area contributed by atoms with Crippen molar-refractivity contribution in [2.75, 3.05) is 26.2 Å². The average molecular weight is 348 g/mol. The van der Waals surface area contributed by atoms with Gasteiger partial charge in [0.15, 0.2) is 0 Å². The molecule has 1 heterocycles. The first kappa shape index (κ1) is 18.6. The molecule has 1 fully saturated rings. The number of benzene rings is 2. The van der Waals surface area contributed by atoms with Crippen molar-refractivity contribution in [3.8, 4) is 6.07 Å². The van der Waals surface area contributed by atoms with Crippen LogP contribution in [0.15, 0.2) is 48.5 Å². The topological polar surface area (TPSA) is 30.3 Å². The second-order valence-electron chi connectivity index (χ2n) is 8.31. The summed E-state index contributed by atoms with van der Waals surface area (Å²) >= 11 is 0. The summed E-state index contributed by atoms with van der Waals surface area (Å²) in [5, 5.41) is 9.03. The smallest absolute Gasteiger partial charge is 0.0991 e. The van der Waals surface area contributed by atoms with E-state index in [1.54, 1.807) is 0 Å². The minimum absolute atomic E-state index is 0.215. The molecule has 1 aliphatic rings. The third-order valence-electron chi connectivity index (χ3n) is 5.15. The summed E-state index contributed by atoms with van der Waals surface area (Å²) in [6, 6.07) is 19.3. The van der Waals surface area contributed by atoms with Crippen LogP contribution in [-0.4, -0.2) is 36.0 Å². The van der Waals surface area contributed by atoms with Crippen molar-refractivity contribution in [3.05, 3.63) is 70.8 Å². The van der Waals surface area contributed by atoms with Gasteiger partial charge >= 0.3 is 0 Å². The molecule has 0 radical (unpaired) electrons. The van der Waals surface area contributed by atoms with E-state index in [2.05, 4.69) is 67.0 Å². The predicted molar refractivity (Wildman–Crippen MR) is 107 cm³/mol. The van der Waals surface area contributed by atoms with Gasteiger partial charge < -0.3 is 0 Å². The van der Waals surface area contributed by atoms with Crippen molar-refractivity contribution in [2.24, 2.45) is 0 Å². The van der Waals surface area contributed by atoms with Gasteiger partial charge in [-0.15, -0.1) is 0 Å². The van der Waals surface area contributed by atoms with Gasteiger partial charge in [0.2, 0.25) is 0 Å². The van der Waals surface area contributed by atoms with Crippen LogP contribution in [0.1, 0.15) is 43.0 Å². The molecule has 1 aliphatic heterocycles. The van der Waals surface area contributed by atoms with E-state index < -0.39 is 0 Å². The van der Waals surface area contributed by atoms with Gasteiger partial charge in [0.1, 0.15) is 0 Å². The van der Waals surface area contributed by atoms with Gasteiger partial charge in [-0.2, -0.15) is 5.26 Å². The van der Waals surface area contributed by atoms with E-state index in [-0.39, 0.29) is 5.41 Å². The molecule has 3 heteroatoms. The van der Waals surface area contributed by atoms with Crippen LogP contribution in [0.3, 0.4) is 0 Å². The molecule has 0 aromatic heterocycles. The molecular weight excluding hydrogens is 318 g/mol. The molecule has 0 atom stereocenters. The fourth-order valence-corrected chi connectivity index (χ4v) is 3.47. The average Bonchev–Trinajstić information content (AvgIpc) is 2.63. The Morgan fingerprint density at radius 2 is 1.42 bits per heavy atom. The Labute approximate surface area is 157 Å². The van der Waals surface area contributed by atoms with E-state index in [4.69, 9.17) is 5.26 Å². The number of nitrogens with zero attached hydrogens (tertiary/aromatic N) is 3. The molecule has 0 amide bonds. The second-order valence-corrected chi connectivity index (χ2v) is 8.31. The molecule has 0 unspecified atom stereocenters. The molecule has 0 saturated carbocycles. The Balaban J connectivity index is 1.50. The van der Waals surface area contributed by atoms with Gasteiger partial charge in [0, 0.05) is 39.3 Å². The van der Waals surface area contributed by atoms with Crippen LogP contribution in [0.25, 0.3) is 0 Å². The molecule has 1 saturated heterocycles. The molecule has 0 aliphatic carbocycles. The van der Waals surface area contributed by atoms with Crippen molar-refractivity contribution in [1.82, 2.24) is 9.80 Å². The molecule has 3 rings (SSSR count). The molecule has 2 aromatic rings. The Hall–Kier alpha value is -2.15. The van der Waals surface area contributed by atoms with Crippen molar-refractivity contribution in [2.45, 2.75) is 39.3 Å². The minimum atomic E-state index is 0.215. The maximum Gasteiger partial charge on any atom is 0.0991 e. The van der Waals surface area contributed by atoms with Crippen molar-refractivity contribution in [3.63, 3.8) is 0 Å². The van der Waals surface area contributed by atoms with Gasteiger partial charge in [-0.3, -0.25) is 9.80 Å². The normalized spacial score (nSPS) is 16.4. The zero-order valence-corrected chi connectivity index (χ0v) is 16.2. The van der Waals surface area contributed by atoms with Gasteiger partial charge in [-0.25, -0.2) is 0 Å². The van der Waals surface area contributed by atoms with Gasteiger partial charge in [-0.1, -0.05) is 57.2 Å². The molecule has 26 heavy (non-hydrogen) atoms. The van der Waals surface area contributed by atoms with Crippen LogP contribution in [0.5, 0.6) is 0 Å². The molecule has 0 bridgehead atoms. The third kappa shape index (κ3) is 4.94. The van der Waals surface area contributed by atoms with E-state index in [9.17, 15) is 0 Å². The first-order chi connectivity index (χ1) is 12.4. The van der Waals surface area contributed by atoms with Crippen LogP contribution in [0, 0.1) is 11.3 Å². The summed E-state index contributed by atoms with van der Waals surface area (Å²) in [6.45, 7) is 13.1. The first-order valence-corrected chi connectivity index (χ1v) is 9.47. The Kier molecular flexibility index (Phi) is 5.76. The highest BCUT2D eigenvalue weighted by molar-refractivity contribution is 5.32. The number of nitriles is 1. The van der Waals surface area contributed by atoms with Crippen LogP contribution in [0.2, 0.25) is 0 Å². The molecule has 3 nitrogen and oxygen atoms in total. The van der Waals surface area contributed by atoms with E-state index >= 15 is 0 Å². The van der Waals surface area contributed by atoms with Gasteiger partial charge in [0.05, 0.1) is 11.6 Å². The number of rotatable bonds is 4. The lowest BCUT2D eigenvalue weighted by atomic mass is 9.87. The standard InChI is InChI=1S/C23H29N3/c1-23(2,3)22-9-7-19(8-10-22)17-25-11-13-26(14-12-25)18-21-6-4-5-20(15-21)16-24/h4-10,15H,11-14,17-18H2,1-3H3. The highest BCUT2D eigenvalue weighted by atomic mass is 15.3. The highest BCUT2D eigenvalue weighted by Crippen LogP contribution is 2.22. The Bertz CT molecular complexity index is 757. The summed E-state index contributed by atoms with van der Waals surface area (Å²) in [7, 11) is 0. The van der Waals surface area contributed by atoms with Crippen LogP contribution >= 0.6 is 0 Å². The van der Waals surface area contributed by atoms with Crippen LogP contribution in [0.4, 0.5) is 0 Å². The summed E-state index contributed by atoms with van der Waals surface area (Å²) < 4.78 is 0. The lowest BCUT2D eigenvalue weighted by Crippen LogP contribution is -2.45. The van der Waals surface area contributed by atoms with Crippen molar-refractivity contribution in [1.29, 1.82) is 5.26 Å². The second kappa shape index (κ2) is 8.03. The lowest BCUT2D eigenvalue weighted by Gasteiger charge is -2.34. The van der Waals surface area contributed by atoms with E-state index in [1.807, 2.05) is 18.2 Å². The molecular formula is C23H29N3. The monoisotopic (exact) mass is 347 g/mol. The van der Waals surface area contributed by atoms with Crippen molar-refractivity contribution >= 4 is 0 Å². The maximum atomic E-state index is 9.03. The zero-order chi connectivity index (χ0) is 18.6. The predicted octanol–water partition coefficient (Wildman–Crippen LogP) is 4.17. The fraction of sp³-hybridized carbons (Fsp3) is 0.435. The van der Waals surface area contributed by atoms with Gasteiger partial charge in [0.25, 0.3) is 0 Å². The quantitative estimate of drug-likeness (QED) is 0.831. The van der Waals surface area contributed by atoms with E-state index in [0.29, 0.717) is 0 Å². The Morgan fingerprint density at radius 3 is 1.96 bits per heavy atom. The molecule has 136 valence electrons. The summed E-state index contributed by atoms with van der Waals surface area (Å²) in [5.41, 5.74) is 4.99. The fourth-order valence-electron chi connectivity index (χ4n) is 3.47. The Morgan fingerprint density at radius 1 is 0.846 bits per heavy atom. The maximum absolute atomic E-state index is 9.03. The van der Waals surface area contributed by atoms with E-state index in [1.165, 1.54) is 16.7 Å². The SMILES string of the molecule is CC(C)(C)c1ccc(CN2CCN(Cc3cccc(C#N)c3)CC2)cc1. The van der Waals surface area contributed by atoms with Crippen molar-refractivity contribution < 1.29 is 0 Å². The summed E-state index contributed by atoms with van der Waals surface area (Å²) in [5.74, 6) is 0. The minimum Gasteiger partial charge on any atom is -0.297 e. The number of hydrogen-bond donors (Lipinski definition) is 0. The largest absolute Gasteiger partial charge is 0.297 e. The molecule has 0 spiro atoms. The zero-order valence-electron chi connectivity index (χ0n) is 16.2. The van der Waals surface area contributed by atoms with Gasteiger partial charge in [-0.05, 0) is 34.2 Å². The van der Waals surface area contributed by atoms with Crippen LogP contribution in [-0.2, 0) is 18.5 Å². The van der Waals surface area contributed by atoms with E-state index in [0.717, 1.165) is 44.8 Å². The number of hydrogen-bond acceptors (Lipinski definition) is 3. The van der Waals surface area contributed by atoms with Crippen LogP contribution < -0.4 is 0 Å². The summed E-state index contributed by atoms with van der Waals surface area (Å²) in [6.07, 6.45) is 0.